The van der Waals surface area contributed by atoms with Crippen LogP contribution >= 0.6 is 15.9 Å². The number of anilines is 1. The van der Waals surface area contributed by atoms with Crippen molar-refractivity contribution in [2.75, 3.05) is 32.2 Å². The Hall–Kier alpha value is -1.93. The Morgan fingerprint density at radius 1 is 1.14 bits per heavy atom. The van der Waals surface area contributed by atoms with Crippen LogP contribution in [0.5, 0.6) is 0 Å². The molecule has 2 amide bonds. The van der Waals surface area contributed by atoms with Crippen molar-refractivity contribution in [3.63, 3.8) is 0 Å². The van der Waals surface area contributed by atoms with Gasteiger partial charge in [0.05, 0.1) is 12.2 Å². The van der Waals surface area contributed by atoms with E-state index in [1.54, 1.807) is 18.2 Å². The van der Waals surface area contributed by atoms with E-state index in [4.69, 9.17) is 0 Å². The van der Waals surface area contributed by atoms with Crippen LogP contribution in [-0.2, 0) is 23.9 Å². The van der Waals surface area contributed by atoms with Crippen molar-refractivity contribution in [1.82, 2.24) is 5.32 Å². The molecular formula is C13H15BrN2O5. The Morgan fingerprint density at radius 3 is 2.52 bits per heavy atom. The molecule has 114 valence electrons. The first-order valence-electron chi connectivity index (χ1n) is 5.98. The third-order valence-electron chi connectivity index (χ3n) is 2.22. The minimum Gasteiger partial charge on any atom is -0.454 e. The number of hydrogen-bond donors (Lipinski definition) is 2. The molecule has 0 spiro atoms. The van der Waals surface area contributed by atoms with E-state index in [0.717, 1.165) is 4.47 Å². The molecule has 0 saturated carbocycles. The molecule has 8 heteroatoms. The number of esters is 1. The normalized spacial score (nSPS) is 9.81. The zero-order valence-corrected chi connectivity index (χ0v) is 12.9. The maximum atomic E-state index is 11.6. The number of methoxy groups -OCH3 is 1. The standard InChI is InChI=1S/C13H15BrN2O5/c1-20-8-13(19)21-7-12(18)15-6-11(17)16-10-5-3-2-4-9(10)14/h2-5H,6-8H2,1H3,(H,15,18)(H,16,17). The van der Waals surface area contributed by atoms with Crippen LogP contribution in [-0.4, -0.2) is 44.7 Å². The molecule has 7 nitrogen and oxygen atoms in total. The van der Waals surface area contributed by atoms with Crippen LogP contribution in [0.4, 0.5) is 5.69 Å². The highest BCUT2D eigenvalue weighted by atomic mass is 79.9. The number of halogens is 1. The van der Waals surface area contributed by atoms with Crippen molar-refractivity contribution in [3.05, 3.63) is 28.7 Å². The quantitative estimate of drug-likeness (QED) is 0.699. The van der Waals surface area contributed by atoms with Crippen LogP contribution in [0, 0.1) is 0 Å². The van der Waals surface area contributed by atoms with Gasteiger partial charge in [-0.1, -0.05) is 12.1 Å². The molecule has 1 rings (SSSR count). The number of carbonyl (C=O) groups excluding carboxylic acids is 3. The first kappa shape index (κ1) is 17.1. The van der Waals surface area contributed by atoms with Gasteiger partial charge in [-0.15, -0.1) is 0 Å². The monoisotopic (exact) mass is 358 g/mol. The molecule has 0 saturated heterocycles. The first-order valence-corrected chi connectivity index (χ1v) is 6.78. The van der Waals surface area contributed by atoms with E-state index >= 15 is 0 Å². The molecule has 0 aliphatic carbocycles. The van der Waals surface area contributed by atoms with Gasteiger partial charge in [0.25, 0.3) is 5.91 Å². The van der Waals surface area contributed by atoms with E-state index in [-0.39, 0.29) is 13.2 Å². The molecule has 0 aromatic heterocycles. The predicted octanol–water partition coefficient (Wildman–Crippen LogP) is 0.693. The highest BCUT2D eigenvalue weighted by Gasteiger charge is 2.09. The van der Waals surface area contributed by atoms with Gasteiger partial charge in [0, 0.05) is 11.6 Å². The van der Waals surface area contributed by atoms with Gasteiger partial charge < -0.3 is 20.1 Å². The second-order valence-electron chi connectivity index (χ2n) is 3.90. The summed E-state index contributed by atoms with van der Waals surface area (Å²) in [7, 11) is 1.34. The summed E-state index contributed by atoms with van der Waals surface area (Å²) >= 11 is 3.29. The third-order valence-corrected chi connectivity index (χ3v) is 2.91. The van der Waals surface area contributed by atoms with Gasteiger partial charge in [0.1, 0.15) is 6.61 Å². The van der Waals surface area contributed by atoms with Gasteiger partial charge in [0.2, 0.25) is 5.91 Å². The largest absolute Gasteiger partial charge is 0.454 e. The van der Waals surface area contributed by atoms with E-state index in [1.807, 2.05) is 6.07 Å². The van der Waals surface area contributed by atoms with Crippen LogP contribution in [0.3, 0.4) is 0 Å². The van der Waals surface area contributed by atoms with E-state index < -0.39 is 24.4 Å². The molecule has 0 heterocycles. The average molecular weight is 359 g/mol. The molecule has 0 radical (unpaired) electrons. The summed E-state index contributed by atoms with van der Waals surface area (Å²) in [6.45, 7) is -0.900. The second kappa shape index (κ2) is 9.09. The number of amides is 2. The van der Waals surface area contributed by atoms with Crippen molar-refractivity contribution < 1.29 is 23.9 Å². The predicted molar refractivity (Wildman–Crippen MR) is 78.6 cm³/mol. The summed E-state index contributed by atoms with van der Waals surface area (Å²) < 4.78 is 9.87. The SMILES string of the molecule is COCC(=O)OCC(=O)NCC(=O)Nc1ccccc1Br. The van der Waals surface area contributed by atoms with E-state index in [2.05, 4.69) is 36.0 Å². The van der Waals surface area contributed by atoms with Crippen LogP contribution < -0.4 is 10.6 Å². The number of para-hydroxylation sites is 1. The number of hydrogen-bond acceptors (Lipinski definition) is 5. The summed E-state index contributed by atoms with van der Waals surface area (Å²) in [6, 6.07) is 7.09. The fraction of sp³-hybridized carbons (Fsp3) is 0.308. The molecule has 1 aromatic rings. The Kier molecular flexibility index (Phi) is 7.41. The number of nitrogens with one attached hydrogen (secondary N) is 2. The van der Waals surface area contributed by atoms with Gasteiger partial charge >= 0.3 is 5.97 Å². The van der Waals surface area contributed by atoms with Gasteiger partial charge in [-0.2, -0.15) is 0 Å². The zero-order valence-electron chi connectivity index (χ0n) is 11.3. The fourth-order valence-corrected chi connectivity index (χ4v) is 1.68. The number of ether oxygens (including phenoxy) is 2. The Labute approximate surface area is 130 Å². The third kappa shape index (κ3) is 6.87. The lowest BCUT2D eigenvalue weighted by molar-refractivity contribution is -0.152. The lowest BCUT2D eigenvalue weighted by Crippen LogP contribution is -2.35. The lowest BCUT2D eigenvalue weighted by Gasteiger charge is -2.08. The number of benzene rings is 1. The smallest absolute Gasteiger partial charge is 0.332 e. The summed E-state index contributed by atoms with van der Waals surface area (Å²) in [5, 5.41) is 4.96. The van der Waals surface area contributed by atoms with Crippen LogP contribution in [0.2, 0.25) is 0 Å². The molecule has 0 fully saturated rings. The van der Waals surface area contributed by atoms with Gasteiger partial charge in [0.15, 0.2) is 6.61 Å². The highest BCUT2D eigenvalue weighted by Crippen LogP contribution is 2.20. The van der Waals surface area contributed by atoms with Crippen molar-refractivity contribution in [2.24, 2.45) is 0 Å². The van der Waals surface area contributed by atoms with Crippen molar-refractivity contribution in [2.45, 2.75) is 0 Å². The van der Waals surface area contributed by atoms with Crippen molar-refractivity contribution >= 4 is 39.4 Å². The summed E-state index contributed by atoms with van der Waals surface area (Å²) in [5.41, 5.74) is 0.600. The zero-order chi connectivity index (χ0) is 15.7. The van der Waals surface area contributed by atoms with Crippen LogP contribution in [0.25, 0.3) is 0 Å². The summed E-state index contributed by atoms with van der Waals surface area (Å²) in [4.78, 5) is 33.9. The van der Waals surface area contributed by atoms with E-state index in [9.17, 15) is 14.4 Å². The van der Waals surface area contributed by atoms with Crippen LogP contribution in [0.15, 0.2) is 28.7 Å². The summed E-state index contributed by atoms with van der Waals surface area (Å²) in [6.07, 6.45) is 0. The molecule has 0 atom stereocenters. The average Bonchev–Trinajstić information content (AvgIpc) is 2.46. The number of rotatable bonds is 7. The molecule has 1 aromatic carbocycles. The van der Waals surface area contributed by atoms with Gasteiger partial charge in [-0.3, -0.25) is 9.59 Å². The number of carbonyl (C=O) groups is 3. The topological polar surface area (TPSA) is 93.7 Å². The maximum absolute atomic E-state index is 11.6. The maximum Gasteiger partial charge on any atom is 0.332 e. The minimum atomic E-state index is -0.648. The van der Waals surface area contributed by atoms with Crippen LogP contribution in [0.1, 0.15) is 0 Å². The molecule has 0 aliphatic rings. The molecule has 21 heavy (non-hydrogen) atoms. The van der Waals surface area contributed by atoms with Crippen molar-refractivity contribution in [1.29, 1.82) is 0 Å². The first-order chi connectivity index (χ1) is 10.0. The minimum absolute atomic E-state index is 0.220. The summed E-state index contributed by atoms with van der Waals surface area (Å²) in [5.74, 6) is -1.61. The molecule has 0 aliphatic heterocycles. The van der Waals surface area contributed by atoms with Gasteiger partial charge in [-0.05, 0) is 28.1 Å². The Bertz CT molecular complexity index is 521. The molecule has 2 N–H and O–H groups in total. The Balaban J connectivity index is 2.28. The lowest BCUT2D eigenvalue weighted by atomic mass is 10.3. The molecular weight excluding hydrogens is 344 g/mol. The second-order valence-corrected chi connectivity index (χ2v) is 4.75. The molecule has 0 bridgehead atoms. The van der Waals surface area contributed by atoms with Crippen molar-refractivity contribution in [3.8, 4) is 0 Å². The fourth-order valence-electron chi connectivity index (χ4n) is 1.29. The Morgan fingerprint density at radius 2 is 1.86 bits per heavy atom. The van der Waals surface area contributed by atoms with E-state index in [0.29, 0.717) is 5.69 Å². The highest BCUT2D eigenvalue weighted by molar-refractivity contribution is 9.10. The molecule has 0 unspecified atom stereocenters. The van der Waals surface area contributed by atoms with E-state index in [1.165, 1.54) is 7.11 Å². The van der Waals surface area contributed by atoms with Gasteiger partial charge in [-0.25, -0.2) is 4.79 Å².